The van der Waals surface area contributed by atoms with Crippen molar-refractivity contribution in [3.63, 3.8) is 0 Å². The molecule has 0 saturated carbocycles. The molecule has 0 amide bonds. The average molecular weight is 549 g/mol. The fraction of sp³-hybridized carbons (Fsp3) is 0.375. The molecule has 0 fully saturated rings. The van der Waals surface area contributed by atoms with E-state index in [1.807, 2.05) is 47.6 Å². The molecule has 0 N–H and O–H groups in total. The number of hydrogen-bond acceptors (Lipinski definition) is 8. The van der Waals surface area contributed by atoms with Crippen LogP contribution in [-0.2, 0) is 38.1 Å². The zero-order chi connectivity index (χ0) is 30.0. The minimum Gasteiger partial charge on any atom is -0.468 e. The van der Waals surface area contributed by atoms with Crippen LogP contribution in [0, 0.1) is 41.5 Å². The minimum absolute atomic E-state index is 0.336. The number of benzene rings is 2. The maximum atomic E-state index is 12.1. The lowest BCUT2D eigenvalue weighted by Crippen LogP contribution is -2.20. The predicted molar refractivity (Wildman–Crippen MR) is 151 cm³/mol. The van der Waals surface area contributed by atoms with Gasteiger partial charge in [-0.15, -0.1) is 0 Å². The van der Waals surface area contributed by atoms with E-state index in [1.165, 1.54) is 28.4 Å². The molecule has 0 spiro atoms. The van der Waals surface area contributed by atoms with E-state index in [4.69, 9.17) is 18.9 Å². The summed E-state index contributed by atoms with van der Waals surface area (Å²) in [5, 5.41) is 0. The van der Waals surface area contributed by atoms with Crippen LogP contribution < -0.4 is 0 Å². The fourth-order valence-electron chi connectivity index (χ4n) is 5.45. The van der Waals surface area contributed by atoms with Gasteiger partial charge in [-0.1, -0.05) is 12.1 Å². The summed E-state index contributed by atoms with van der Waals surface area (Å²) in [6.45, 7) is 11.9. The van der Waals surface area contributed by atoms with E-state index in [0.717, 1.165) is 55.6 Å². The first kappa shape index (κ1) is 30.3. The third-order valence-electron chi connectivity index (χ3n) is 7.91. The highest BCUT2D eigenvalue weighted by Crippen LogP contribution is 2.43. The van der Waals surface area contributed by atoms with Gasteiger partial charge in [0.05, 0.1) is 39.6 Å². The molecule has 0 radical (unpaired) electrons. The van der Waals surface area contributed by atoms with Gasteiger partial charge in [0.1, 0.15) is 11.8 Å². The first-order valence-electron chi connectivity index (χ1n) is 12.8. The quantitative estimate of drug-likeness (QED) is 0.393. The number of carbonyl (C=O) groups excluding carboxylic acids is 4. The molecule has 40 heavy (non-hydrogen) atoms. The van der Waals surface area contributed by atoms with Gasteiger partial charge in [-0.05, 0) is 109 Å². The lowest BCUT2D eigenvalue weighted by molar-refractivity contribution is -0.144. The van der Waals surface area contributed by atoms with Gasteiger partial charge in [0.2, 0.25) is 0 Å². The van der Waals surface area contributed by atoms with E-state index in [1.54, 1.807) is 12.2 Å². The van der Waals surface area contributed by atoms with Gasteiger partial charge in [-0.2, -0.15) is 0 Å². The van der Waals surface area contributed by atoms with Crippen LogP contribution in [-0.4, -0.2) is 52.3 Å². The van der Waals surface area contributed by atoms with Gasteiger partial charge in [-0.3, -0.25) is 9.59 Å². The third-order valence-corrected chi connectivity index (χ3v) is 7.91. The second-order valence-corrected chi connectivity index (χ2v) is 10.0. The molecule has 8 nitrogen and oxygen atoms in total. The predicted octanol–water partition coefficient (Wildman–Crippen LogP) is 4.88. The van der Waals surface area contributed by atoms with Crippen LogP contribution in [0.4, 0.5) is 0 Å². The summed E-state index contributed by atoms with van der Waals surface area (Å²) in [5.41, 5.74) is 10.6. The van der Waals surface area contributed by atoms with Crippen molar-refractivity contribution >= 4 is 36.0 Å². The van der Waals surface area contributed by atoms with Crippen LogP contribution in [0.25, 0.3) is 12.2 Å². The summed E-state index contributed by atoms with van der Waals surface area (Å²) in [6.07, 6.45) is 3.46. The molecule has 2 atom stereocenters. The standard InChI is InChI=1S/2C16H18O4/c1-8-6-11-7-12(15(17)19-4)14(16(18)20-5)13(11)10(3)9(8)2;1-8-6-9(2)11-7-12(15(17)19-4)14(16(18)20-5)13(11)10(8)3/h2*6-7,14H,1-5H3. The molecule has 0 aliphatic heterocycles. The number of rotatable bonds is 4. The zero-order valence-corrected chi connectivity index (χ0v) is 24.7. The average Bonchev–Trinajstić information content (AvgIpc) is 3.53. The van der Waals surface area contributed by atoms with Gasteiger partial charge in [0, 0.05) is 0 Å². The van der Waals surface area contributed by atoms with E-state index >= 15 is 0 Å². The lowest BCUT2D eigenvalue weighted by Gasteiger charge is -2.17. The fourth-order valence-corrected chi connectivity index (χ4v) is 5.45. The Bertz CT molecular complexity index is 1470. The topological polar surface area (TPSA) is 105 Å². The highest BCUT2D eigenvalue weighted by molar-refractivity contribution is 6.07. The molecule has 0 heterocycles. The molecular weight excluding hydrogens is 512 g/mol. The van der Waals surface area contributed by atoms with Crippen molar-refractivity contribution in [3.8, 4) is 0 Å². The molecule has 0 bridgehead atoms. The molecule has 2 aliphatic rings. The number of esters is 4. The minimum atomic E-state index is -0.693. The Morgan fingerprint density at radius 2 is 1.02 bits per heavy atom. The molecule has 2 aromatic carbocycles. The van der Waals surface area contributed by atoms with Crippen LogP contribution in [0.5, 0.6) is 0 Å². The van der Waals surface area contributed by atoms with Crippen LogP contribution in [0.2, 0.25) is 0 Å². The normalized spacial score (nSPS) is 16.4. The Labute approximate surface area is 235 Å². The summed E-state index contributed by atoms with van der Waals surface area (Å²) in [4.78, 5) is 48.0. The van der Waals surface area contributed by atoms with Crippen molar-refractivity contribution in [2.24, 2.45) is 0 Å². The molecule has 0 saturated heterocycles. The zero-order valence-electron chi connectivity index (χ0n) is 24.7. The molecule has 212 valence electrons. The van der Waals surface area contributed by atoms with E-state index in [9.17, 15) is 19.2 Å². The number of fused-ring (bicyclic) bond motifs is 2. The van der Waals surface area contributed by atoms with Gasteiger partial charge in [-0.25, -0.2) is 9.59 Å². The summed E-state index contributed by atoms with van der Waals surface area (Å²) in [6, 6.07) is 4.04. The Hall–Kier alpha value is -4.20. The largest absolute Gasteiger partial charge is 0.468 e. The Morgan fingerprint density at radius 1 is 0.550 bits per heavy atom. The van der Waals surface area contributed by atoms with Crippen LogP contribution in [0.15, 0.2) is 23.3 Å². The van der Waals surface area contributed by atoms with Gasteiger partial charge in [0.25, 0.3) is 0 Å². The van der Waals surface area contributed by atoms with Gasteiger partial charge < -0.3 is 18.9 Å². The molecule has 2 unspecified atom stereocenters. The van der Waals surface area contributed by atoms with Crippen molar-refractivity contribution in [3.05, 3.63) is 78.9 Å². The Balaban J connectivity index is 0.000000220. The van der Waals surface area contributed by atoms with Crippen molar-refractivity contribution in [1.29, 1.82) is 0 Å². The number of methoxy groups -OCH3 is 4. The van der Waals surface area contributed by atoms with E-state index in [-0.39, 0.29) is 0 Å². The molecule has 2 aromatic rings. The SMILES string of the molecule is COC(=O)C1=Cc2c(C)cc(C)c(C)c2C1C(=O)OC.COC(=O)C1=Cc2cc(C)c(C)c(C)c2C1C(=O)OC. The lowest BCUT2D eigenvalue weighted by atomic mass is 9.88. The third kappa shape index (κ3) is 5.18. The second-order valence-electron chi connectivity index (χ2n) is 10.0. The molecular formula is C32H36O8. The van der Waals surface area contributed by atoms with E-state index in [0.29, 0.717) is 11.1 Å². The summed E-state index contributed by atoms with van der Waals surface area (Å²) >= 11 is 0. The first-order valence-corrected chi connectivity index (χ1v) is 12.8. The summed E-state index contributed by atoms with van der Waals surface area (Å²) in [5.74, 6) is -3.25. The van der Waals surface area contributed by atoms with Gasteiger partial charge in [0.15, 0.2) is 0 Å². The van der Waals surface area contributed by atoms with Crippen molar-refractivity contribution < 1.29 is 38.1 Å². The Kier molecular flexibility index (Phi) is 9.03. The number of ether oxygens (including phenoxy) is 4. The van der Waals surface area contributed by atoms with Crippen LogP contribution in [0.3, 0.4) is 0 Å². The second kappa shape index (κ2) is 11.9. The number of carbonyl (C=O) groups is 4. The number of aryl methyl sites for hydroxylation is 3. The van der Waals surface area contributed by atoms with E-state index < -0.39 is 35.7 Å². The number of hydrogen-bond donors (Lipinski definition) is 0. The van der Waals surface area contributed by atoms with Crippen molar-refractivity contribution in [2.45, 2.75) is 53.4 Å². The van der Waals surface area contributed by atoms with Crippen molar-refractivity contribution in [2.75, 3.05) is 28.4 Å². The van der Waals surface area contributed by atoms with Crippen LogP contribution in [0.1, 0.15) is 67.5 Å². The monoisotopic (exact) mass is 548 g/mol. The molecule has 8 heteroatoms. The van der Waals surface area contributed by atoms with Crippen LogP contribution >= 0.6 is 0 Å². The highest BCUT2D eigenvalue weighted by atomic mass is 16.5. The van der Waals surface area contributed by atoms with Gasteiger partial charge >= 0.3 is 23.9 Å². The molecule has 4 rings (SSSR count). The summed E-state index contributed by atoms with van der Waals surface area (Å²) < 4.78 is 19.3. The van der Waals surface area contributed by atoms with Crippen molar-refractivity contribution in [1.82, 2.24) is 0 Å². The maximum absolute atomic E-state index is 12.1. The smallest absolute Gasteiger partial charge is 0.334 e. The molecule has 0 aromatic heterocycles. The maximum Gasteiger partial charge on any atom is 0.334 e. The molecule has 2 aliphatic carbocycles. The highest BCUT2D eigenvalue weighted by Gasteiger charge is 2.39. The summed E-state index contributed by atoms with van der Waals surface area (Å²) in [7, 11) is 5.27. The first-order chi connectivity index (χ1) is 18.8. The van der Waals surface area contributed by atoms with E-state index in [2.05, 4.69) is 6.07 Å². The Morgan fingerprint density at radius 3 is 1.52 bits per heavy atom.